The van der Waals surface area contributed by atoms with E-state index in [4.69, 9.17) is 8.83 Å². The summed E-state index contributed by atoms with van der Waals surface area (Å²) in [7, 11) is 4.44. The molecule has 4 saturated carbocycles. The van der Waals surface area contributed by atoms with Gasteiger partial charge in [-0.2, -0.15) is 0 Å². The number of furan rings is 2. The number of hydrogen-bond acceptors (Lipinski definition) is 6. The zero-order chi connectivity index (χ0) is 61.2. The maximum Gasteiger partial charge on any atom is 2.00 e. The van der Waals surface area contributed by atoms with Gasteiger partial charge in [-0.3, -0.25) is 0 Å². The van der Waals surface area contributed by atoms with Crippen LogP contribution in [0.15, 0.2) is 118 Å². The molecule has 500 valence electrons. The first-order chi connectivity index (χ1) is 41.2. The van der Waals surface area contributed by atoms with Crippen LogP contribution in [-0.2, 0) is 39.6 Å². The number of anilines is 2. The molecule has 6 aliphatic rings. The average Bonchev–Trinajstić information content (AvgIpc) is 1.63. The summed E-state index contributed by atoms with van der Waals surface area (Å²) in [6, 6.07) is 35.4. The Bertz CT molecular complexity index is 3740. The van der Waals surface area contributed by atoms with Crippen molar-refractivity contribution in [3.05, 3.63) is 195 Å². The SMILES string of the molecule is C1CCCC1.CC1CC(C)C(C)C1C.Cc1cc(C2C(C)C(C)C(C)C2C)cc(C)c1C1=CN(c2c(C)ccc3c2oc2ccccc23)[C@H](C)N1C.Cc1cc(C2CCCC2)cc(C)c1C1=CN(c2c(C)ccc3c2oc2ccccc23)[C@H](C)N1C.[CH3-].[CH3-].[CH3-].[CH3-].[Os+2].[Os+2]. The molecule has 14 rings (SSSR count). The maximum absolute atomic E-state index is 6.47. The van der Waals surface area contributed by atoms with Crippen LogP contribution in [0, 0.1) is 119 Å². The Morgan fingerprint density at radius 2 is 0.728 bits per heavy atom. The summed E-state index contributed by atoms with van der Waals surface area (Å²) >= 11 is 0. The summed E-state index contributed by atoms with van der Waals surface area (Å²) in [5.41, 5.74) is 22.5. The third kappa shape index (κ3) is 14.5. The number of hydrogen-bond donors (Lipinski definition) is 0. The van der Waals surface area contributed by atoms with E-state index in [1.807, 2.05) is 12.1 Å². The van der Waals surface area contributed by atoms with Crippen molar-refractivity contribution in [2.45, 2.75) is 199 Å². The first kappa shape index (κ1) is 77.6. The fraction of sp³-hybridized carbons (Fsp3) is 0.476. The summed E-state index contributed by atoms with van der Waals surface area (Å²) in [4.78, 5) is 9.64. The zero-order valence-electron chi connectivity index (χ0n) is 60.7. The van der Waals surface area contributed by atoms with Crippen molar-refractivity contribution < 1.29 is 48.4 Å². The van der Waals surface area contributed by atoms with Crippen LogP contribution >= 0.6 is 0 Å². The van der Waals surface area contributed by atoms with Crippen LogP contribution in [0.25, 0.3) is 55.3 Å². The van der Waals surface area contributed by atoms with Gasteiger partial charge in [-0.05, 0) is 190 Å². The summed E-state index contributed by atoms with van der Waals surface area (Å²) in [6.45, 7) is 37.5. The normalized spacial score (nSPS) is 24.9. The minimum Gasteiger partial charge on any atom is -0.454 e. The molecular weight excluding hydrogens is 1480 g/mol. The second-order valence-electron chi connectivity index (χ2n) is 28.4. The van der Waals surface area contributed by atoms with E-state index in [1.165, 1.54) is 158 Å². The van der Waals surface area contributed by atoms with Gasteiger partial charge in [0.15, 0.2) is 11.2 Å². The Morgan fingerprint density at radius 3 is 1.08 bits per heavy atom. The summed E-state index contributed by atoms with van der Waals surface area (Å²) in [5.74, 6) is 8.16. The number of benzene rings is 6. The molecule has 10 atom stereocenters. The van der Waals surface area contributed by atoms with Gasteiger partial charge in [0.25, 0.3) is 0 Å². The number of rotatable bonds is 6. The molecular formula is C84H116N4O2Os2. The molecule has 2 aliphatic heterocycles. The summed E-state index contributed by atoms with van der Waals surface area (Å²) in [6.07, 6.45) is 19.4. The Balaban J connectivity index is 0.000000262. The molecule has 92 heavy (non-hydrogen) atoms. The van der Waals surface area contributed by atoms with Crippen LogP contribution in [0.3, 0.4) is 0 Å². The number of fused-ring (bicyclic) bond motifs is 6. The summed E-state index contributed by atoms with van der Waals surface area (Å²) in [5, 5.41) is 4.71. The van der Waals surface area contributed by atoms with Gasteiger partial charge < -0.3 is 58.1 Å². The maximum atomic E-state index is 6.47. The fourth-order valence-electron chi connectivity index (χ4n) is 16.9. The minimum atomic E-state index is 0. The molecule has 0 amide bonds. The number of para-hydroxylation sites is 2. The van der Waals surface area contributed by atoms with Crippen LogP contribution in [0.2, 0.25) is 0 Å². The van der Waals surface area contributed by atoms with Crippen molar-refractivity contribution >= 4 is 66.6 Å². The van der Waals surface area contributed by atoms with Crippen LogP contribution in [0.5, 0.6) is 0 Å². The molecule has 6 aromatic carbocycles. The van der Waals surface area contributed by atoms with Crippen molar-refractivity contribution in [1.82, 2.24) is 9.80 Å². The molecule has 0 saturated heterocycles. The average molecular weight is 1590 g/mol. The molecule has 0 radical (unpaired) electrons. The summed E-state index contributed by atoms with van der Waals surface area (Å²) < 4.78 is 12.9. The van der Waals surface area contributed by atoms with E-state index in [0.29, 0.717) is 17.8 Å². The molecule has 6 nitrogen and oxygen atoms in total. The molecule has 0 N–H and O–H groups in total. The first-order valence-electron chi connectivity index (χ1n) is 33.7. The fourth-order valence-corrected chi connectivity index (χ4v) is 16.9. The first-order valence-corrected chi connectivity index (χ1v) is 33.7. The predicted octanol–water partition coefficient (Wildman–Crippen LogP) is 24.2. The molecule has 8 unspecified atom stereocenters. The van der Waals surface area contributed by atoms with Gasteiger partial charge in [0, 0.05) is 59.2 Å². The molecule has 2 aromatic heterocycles. The largest absolute Gasteiger partial charge is 2.00 e. The Kier molecular flexibility index (Phi) is 27.0. The van der Waals surface area contributed by atoms with Gasteiger partial charge in [0.1, 0.15) is 23.5 Å². The molecule has 0 bridgehead atoms. The Labute approximate surface area is 585 Å². The van der Waals surface area contributed by atoms with Crippen molar-refractivity contribution in [1.29, 1.82) is 0 Å². The van der Waals surface area contributed by atoms with E-state index in [-0.39, 0.29) is 81.6 Å². The van der Waals surface area contributed by atoms with E-state index >= 15 is 0 Å². The minimum absolute atomic E-state index is 0. The van der Waals surface area contributed by atoms with Gasteiger partial charge in [-0.1, -0.05) is 185 Å². The van der Waals surface area contributed by atoms with E-state index in [2.05, 4.69) is 242 Å². The predicted molar refractivity (Wildman–Crippen MR) is 395 cm³/mol. The van der Waals surface area contributed by atoms with Crippen LogP contribution in [-0.4, -0.2) is 36.2 Å². The topological polar surface area (TPSA) is 39.2 Å². The smallest absolute Gasteiger partial charge is 0.454 e. The zero-order valence-corrected chi connectivity index (χ0v) is 65.8. The van der Waals surface area contributed by atoms with Crippen molar-refractivity contribution in [3.63, 3.8) is 0 Å². The third-order valence-corrected chi connectivity index (χ3v) is 23.2. The van der Waals surface area contributed by atoms with Crippen molar-refractivity contribution in [3.8, 4) is 0 Å². The van der Waals surface area contributed by atoms with Gasteiger partial charge in [0.05, 0.1) is 22.8 Å². The number of nitrogens with zero attached hydrogens (tertiary/aromatic N) is 4. The van der Waals surface area contributed by atoms with Gasteiger partial charge in [-0.15, -0.1) is 0 Å². The van der Waals surface area contributed by atoms with Crippen LogP contribution in [0.4, 0.5) is 11.4 Å². The van der Waals surface area contributed by atoms with Crippen LogP contribution in [0.1, 0.15) is 201 Å². The molecule has 0 spiro atoms. The van der Waals surface area contributed by atoms with E-state index in [9.17, 15) is 0 Å². The second-order valence-corrected chi connectivity index (χ2v) is 28.4. The standard InChI is InChI=1S/C35H42N2O.C31H34N2O.C9H18.C5H10.4CH3.2Os/c1-19-14-15-29-28-12-10-11-13-31(28)38-35(29)34(19)37-18-30(36(9)26(37)8)32-20(2)16-27(17-21(32)3)33-24(6)22(4)23(5)25(33)7;1-19-14-15-26-25-12-8-9-13-28(25)34-31(26)30(19)33-18-27(32(5)22(33)4)29-20(2)16-24(17-21(29)3)23-10-6-7-11-23;1-6-5-7(2)9(4)8(6)3;1-2-4-5-3-1;;;;;;/h10-18,22-26,33H,1-9H3;8-9,12-18,22-23H,6-7,10-11H2,1-5H3;6-9H,5H2,1-4H3;1-5H2;4*1H3;;/q;;;;4*-1;2*+2/t22?,23?,24?,25?,26-,33?;22-;;;;;;;;/m11......../s1. The Morgan fingerprint density at radius 1 is 0.380 bits per heavy atom. The van der Waals surface area contributed by atoms with Gasteiger partial charge >= 0.3 is 39.6 Å². The van der Waals surface area contributed by atoms with Crippen LogP contribution < -0.4 is 9.80 Å². The monoisotopic (exact) mass is 1600 g/mol. The number of aryl methyl sites for hydroxylation is 6. The molecule has 8 heteroatoms. The van der Waals surface area contributed by atoms with E-state index in [1.54, 1.807) is 0 Å². The van der Waals surface area contributed by atoms with Gasteiger partial charge in [-0.25, -0.2) is 0 Å². The van der Waals surface area contributed by atoms with Crippen molar-refractivity contribution in [2.24, 2.45) is 47.3 Å². The third-order valence-electron chi connectivity index (χ3n) is 23.2. The van der Waals surface area contributed by atoms with Gasteiger partial charge in [0.2, 0.25) is 0 Å². The van der Waals surface area contributed by atoms with E-state index < -0.39 is 0 Å². The van der Waals surface area contributed by atoms with E-state index in [0.717, 1.165) is 69.4 Å². The second kappa shape index (κ2) is 32.1. The molecule has 4 heterocycles. The van der Waals surface area contributed by atoms with Crippen molar-refractivity contribution in [2.75, 3.05) is 23.9 Å². The molecule has 4 fully saturated rings. The quantitative estimate of drug-likeness (QED) is 0.155. The molecule has 4 aliphatic carbocycles. The Hall–Kier alpha value is -5.13. The molecule has 8 aromatic rings.